The van der Waals surface area contributed by atoms with Crippen molar-refractivity contribution in [2.45, 2.75) is 63.9 Å². The zero-order chi connectivity index (χ0) is 10.9. The third-order valence-corrected chi connectivity index (χ3v) is 2.83. The standard InChI is InChI=1S/2C4H9.2C2H5.Al.Mg.H/c2*1-3-4-2;2*1-2;;;/h2*1,3-4H2,2H3;2*1H2,2H3;;;/q2*-1;;;;+2;. The third kappa shape index (κ3) is 71.6. The molecule has 0 unspecified atom stereocenters. The molecule has 0 aliphatic carbocycles. The molecule has 0 fully saturated rings. The van der Waals surface area contributed by atoms with E-state index in [4.69, 9.17) is 0 Å². The van der Waals surface area contributed by atoms with Gasteiger partial charge in [-0.2, -0.15) is 12.8 Å². The van der Waals surface area contributed by atoms with Crippen molar-refractivity contribution in [3.8, 4) is 0 Å². The molecule has 0 atom stereocenters. The summed E-state index contributed by atoms with van der Waals surface area (Å²) >= 11 is 0.432. The van der Waals surface area contributed by atoms with Crippen LogP contribution in [-0.2, 0) is 0 Å². The molecular formula is C12H29AlMg. The summed E-state index contributed by atoms with van der Waals surface area (Å²) in [6.07, 6.45) is 4.56. The number of hydrogen-bond acceptors (Lipinski definition) is 0. The van der Waals surface area contributed by atoms with E-state index in [2.05, 4.69) is 41.5 Å². The summed E-state index contributed by atoms with van der Waals surface area (Å²) in [7, 11) is 0. The SMILES string of the molecule is C[CH2][AlH][CH2]C.[CH2-]CCC.[CH2-]CCC.[Mg+2]. The van der Waals surface area contributed by atoms with Gasteiger partial charge in [-0.3, -0.25) is 0 Å². The fraction of sp³-hybridized carbons (Fsp3) is 0.833. The topological polar surface area (TPSA) is 0 Å². The van der Waals surface area contributed by atoms with Crippen LogP contribution in [-0.4, -0.2) is 38.3 Å². The molecule has 0 N–H and O–H groups in total. The predicted molar refractivity (Wildman–Crippen MR) is 74.4 cm³/mol. The Hall–Kier alpha value is 1.30. The fourth-order valence-electron chi connectivity index (χ4n) is 0.354. The number of rotatable bonds is 4. The van der Waals surface area contributed by atoms with Gasteiger partial charge >= 0.3 is 23.1 Å². The van der Waals surface area contributed by atoms with Crippen LogP contribution in [0, 0.1) is 13.8 Å². The molecule has 2 heteroatoms. The Morgan fingerprint density at radius 2 is 1.00 bits per heavy atom. The maximum atomic E-state index is 3.60. The molecule has 0 aliphatic rings. The van der Waals surface area contributed by atoms with Gasteiger partial charge in [0.2, 0.25) is 15.2 Å². The summed E-state index contributed by atoms with van der Waals surface area (Å²) < 4.78 is 0. The molecule has 0 aliphatic heterocycles. The molecule has 0 aromatic carbocycles. The predicted octanol–water partition coefficient (Wildman–Crippen LogP) is 4.16. The van der Waals surface area contributed by atoms with Crippen LogP contribution in [0.1, 0.15) is 53.4 Å². The minimum atomic E-state index is 0. The molecule has 0 aromatic heterocycles. The first-order chi connectivity index (χ1) is 6.24. The minimum Gasteiger partial charge on any atom is -0.343 e. The largest absolute Gasteiger partial charge is 2.00 e. The van der Waals surface area contributed by atoms with Gasteiger partial charge in [0, 0.05) is 0 Å². The smallest absolute Gasteiger partial charge is 0.343 e. The molecule has 82 valence electrons. The number of unbranched alkanes of at least 4 members (excludes halogenated alkanes) is 2. The molecule has 0 amide bonds. The quantitative estimate of drug-likeness (QED) is 0.497. The Morgan fingerprint density at radius 1 is 0.786 bits per heavy atom. The third-order valence-electron chi connectivity index (χ3n) is 1.41. The zero-order valence-electron chi connectivity index (χ0n) is 11.1. The molecule has 0 aromatic rings. The average Bonchev–Trinajstić information content (AvgIpc) is 2.20. The van der Waals surface area contributed by atoms with E-state index in [1.807, 2.05) is 0 Å². The van der Waals surface area contributed by atoms with Crippen LogP contribution >= 0.6 is 0 Å². The summed E-state index contributed by atoms with van der Waals surface area (Å²) in [6, 6.07) is 0. The van der Waals surface area contributed by atoms with Crippen molar-refractivity contribution in [1.29, 1.82) is 0 Å². The molecule has 0 nitrogen and oxygen atoms in total. The van der Waals surface area contributed by atoms with Crippen LogP contribution < -0.4 is 0 Å². The molecule has 0 saturated carbocycles. The molecular weight excluding hydrogens is 195 g/mol. The monoisotopic (exact) mass is 224 g/mol. The van der Waals surface area contributed by atoms with Crippen LogP contribution in [0.5, 0.6) is 0 Å². The van der Waals surface area contributed by atoms with Gasteiger partial charge < -0.3 is 13.8 Å². The van der Waals surface area contributed by atoms with Crippen LogP contribution in [0.25, 0.3) is 0 Å². The summed E-state index contributed by atoms with van der Waals surface area (Å²) in [4.78, 5) is 0. The molecule has 0 rings (SSSR count). The van der Waals surface area contributed by atoms with E-state index < -0.39 is 0 Å². The second-order valence-corrected chi connectivity index (χ2v) is 5.77. The van der Waals surface area contributed by atoms with Gasteiger partial charge in [0.25, 0.3) is 0 Å². The Balaban J connectivity index is -0.0000000522. The van der Waals surface area contributed by atoms with Gasteiger partial charge in [-0.25, -0.2) is 0 Å². The van der Waals surface area contributed by atoms with E-state index in [1.165, 1.54) is 23.4 Å². The maximum Gasteiger partial charge on any atom is 2.00 e. The minimum absolute atomic E-state index is 0. The van der Waals surface area contributed by atoms with Gasteiger partial charge in [-0.05, 0) is 0 Å². The van der Waals surface area contributed by atoms with Gasteiger partial charge in [-0.15, -0.1) is 10.6 Å². The maximum absolute atomic E-state index is 3.60. The van der Waals surface area contributed by atoms with Crippen molar-refractivity contribution in [3.05, 3.63) is 13.8 Å². The Morgan fingerprint density at radius 3 is 1.00 bits per heavy atom. The van der Waals surface area contributed by atoms with Crippen molar-refractivity contribution in [2.75, 3.05) is 0 Å². The Labute approximate surface area is 115 Å². The molecule has 14 heavy (non-hydrogen) atoms. The average molecular weight is 225 g/mol. The summed E-state index contributed by atoms with van der Waals surface area (Å²) in [5.74, 6) is 0. The van der Waals surface area contributed by atoms with E-state index in [-0.39, 0.29) is 23.1 Å². The van der Waals surface area contributed by atoms with Crippen LogP contribution in [0.2, 0.25) is 10.6 Å². The van der Waals surface area contributed by atoms with Crippen molar-refractivity contribution < 1.29 is 0 Å². The Kier molecular flexibility index (Phi) is 64.3. The van der Waals surface area contributed by atoms with Crippen LogP contribution in [0.3, 0.4) is 0 Å². The van der Waals surface area contributed by atoms with Crippen molar-refractivity contribution in [1.82, 2.24) is 0 Å². The van der Waals surface area contributed by atoms with E-state index in [0.717, 1.165) is 12.8 Å². The summed E-state index contributed by atoms with van der Waals surface area (Å²) in [5, 5.41) is 2.97. The van der Waals surface area contributed by atoms with Gasteiger partial charge in [0.15, 0.2) is 0 Å². The van der Waals surface area contributed by atoms with Crippen LogP contribution in [0.15, 0.2) is 0 Å². The molecule has 0 spiro atoms. The van der Waals surface area contributed by atoms with E-state index in [0.29, 0.717) is 15.2 Å². The first-order valence-electron chi connectivity index (χ1n) is 5.83. The van der Waals surface area contributed by atoms with Gasteiger partial charge in [-0.1, -0.05) is 40.5 Å². The summed E-state index contributed by atoms with van der Waals surface area (Å²) in [5.41, 5.74) is 0. The van der Waals surface area contributed by atoms with Crippen molar-refractivity contribution >= 4 is 38.3 Å². The summed E-state index contributed by atoms with van der Waals surface area (Å²) in [6.45, 7) is 16.0. The second-order valence-electron chi connectivity index (χ2n) is 3.06. The fourth-order valence-corrected chi connectivity index (χ4v) is 1.06. The normalized spacial score (nSPS) is 7.00. The van der Waals surface area contributed by atoms with Gasteiger partial charge in [0.05, 0.1) is 0 Å². The first kappa shape index (κ1) is 24.5. The van der Waals surface area contributed by atoms with Crippen molar-refractivity contribution in [2.24, 2.45) is 0 Å². The van der Waals surface area contributed by atoms with E-state index in [1.54, 1.807) is 0 Å². The van der Waals surface area contributed by atoms with E-state index in [9.17, 15) is 0 Å². The van der Waals surface area contributed by atoms with Crippen molar-refractivity contribution in [3.63, 3.8) is 0 Å². The van der Waals surface area contributed by atoms with Gasteiger partial charge in [0.1, 0.15) is 0 Å². The second kappa shape index (κ2) is 36.7. The van der Waals surface area contributed by atoms with Crippen LogP contribution in [0.4, 0.5) is 0 Å². The molecule has 0 bridgehead atoms. The molecule has 0 radical (unpaired) electrons. The molecule has 0 saturated heterocycles. The number of hydrogen-bond donors (Lipinski definition) is 0. The molecule has 0 heterocycles. The van der Waals surface area contributed by atoms with E-state index >= 15 is 0 Å². The Bertz CT molecular complexity index is 39.6. The first-order valence-corrected chi connectivity index (χ1v) is 7.83. The zero-order valence-corrected chi connectivity index (χ0v) is 13.9.